The van der Waals surface area contributed by atoms with Crippen LogP contribution in [0.2, 0.25) is 0 Å². The van der Waals surface area contributed by atoms with Gasteiger partial charge in [-0.3, -0.25) is 0 Å². The summed E-state index contributed by atoms with van der Waals surface area (Å²) in [5.74, 6) is 1.76. The number of thioether (sulfide) groups is 1. The fourth-order valence-corrected chi connectivity index (χ4v) is 3.82. The van der Waals surface area contributed by atoms with Crippen molar-refractivity contribution < 1.29 is 9.47 Å². The van der Waals surface area contributed by atoms with Crippen molar-refractivity contribution in [2.75, 3.05) is 33.1 Å². The highest BCUT2D eigenvalue weighted by Crippen LogP contribution is 2.37. The fraction of sp³-hybridized carbons (Fsp3) is 0.647. The van der Waals surface area contributed by atoms with Crippen LogP contribution in [-0.4, -0.2) is 37.8 Å². The summed E-state index contributed by atoms with van der Waals surface area (Å²) in [6.07, 6.45) is 9.11. The molecule has 1 fully saturated rings. The highest BCUT2D eigenvalue weighted by atomic mass is 32.2. The molecule has 4 heteroatoms. The summed E-state index contributed by atoms with van der Waals surface area (Å²) in [6.45, 7) is 2.70. The van der Waals surface area contributed by atoms with E-state index >= 15 is 0 Å². The Morgan fingerprint density at radius 2 is 1.76 bits per heavy atom. The van der Waals surface area contributed by atoms with Crippen LogP contribution < -0.4 is 14.8 Å². The molecule has 1 aliphatic rings. The van der Waals surface area contributed by atoms with Gasteiger partial charge in [0.15, 0.2) is 0 Å². The highest BCUT2D eigenvalue weighted by Gasteiger charge is 2.30. The molecule has 3 nitrogen and oxygen atoms in total. The molecule has 118 valence electrons. The van der Waals surface area contributed by atoms with E-state index in [1.807, 2.05) is 36.0 Å². The third kappa shape index (κ3) is 5.11. The Bertz CT molecular complexity index is 402. The Labute approximate surface area is 132 Å². The van der Waals surface area contributed by atoms with Crippen LogP contribution in [0, 0.1) is 0 Å². The van der Waals surface area contributed by atoms with Gasteiger partial charge in [0.25, 0.3) is 0 Å². The molecule has 0 amide bonds. The lowest BCUT2D eigenvalue weighted by molar-refractivity contribution is 0.303. The van der Waals surface area contributed by atoms with Crippen LogP contribution >= 0.6 is 11.8 Å². The smallest absolute Gasteiger partial charge is 0.119 e. The minimum absolute atomic E-state index is 0.457. The van der Waals surface area contributed by atoms with Gasteiger partial charge in [-0.2, -0.15) is 11.8 Å². The molecule has 1 N–H and O–H groups in total. The van der Waals surface area contributed by atoms with Gasteiger partial charge >= 0.3 is 0 Å². The summed E-state index contributed by atoms with van der Waals surface area (Å²) in [5.41, 5.74) is 0. The van der Waals surface area contributed by atoms with Gasteiger partial charge < -0.3 is 14.8 Å². The van der Waals surface area contributed by atoms with Gasteiger partial charge in [-0.15, -0.1) is 0 Å². The predicted octanol–water partition coefficient (Wildman–Crippen LogP) is 3.73. The van der Waals surface area contributed by atoms with Crippen LogP contribution in [0.1, 0.15) is 32.1 Å². The number of rotatable bonds is 8. The maximum atomic E-state index is 5.74. The standard InChI is InChI=1S/C17H27NO2S/c1-19-15-6-8-16(9-7-15)20-13-12-18-14-17(21-2)10-4-3-5-11-17/h6-9,18H,3-5,10-14H2,1-2H3. The number of benzene rings is 1. The first-order valence-electron chi connectivity index (χ1n) is 7.81. The van der Waals surface area contributed by atoms with Gasteiger partial charge in [0, 0.05) is 17.8 Å². The fourth-order valence-electron chi connectivity index (χ4n) is 2.88. The molecular formula is C17H27NO2S. The van der Waals surface area contributed by atoms with Crippen LogP contribution in [-0.2, 0) is 0 Å². The minimum Gasteiger partial charge on any atom is -0.497 e. The number of ether oxygens (including phenoxy) is 2. The first-order valence-corrected chi connectivity index (χ1v) is 9.03. The summed E-state index contributed by atoms with van der Waals surface area (Å²) in [6, 6.07) is 7.74. The van der Waals surface area contributed by atoms with E-state index in [-0.39, 0.29) is 0 Å². The molecule has 0 atom stereocenters. The van der Waals surface area contributed by atoms with Crippen LogP contribution in [0.5, 0.6) is 11.5 Å². The summed E-state index contributed by atoms with van der Waals surface area (Å²) in [5, 5.41) is 3.57. The number of hydrogen-bond donors (Lipinski definition) is 1. The third-order valence-electron chi connectivity index (χ3n) is 4.25. The lowest BCUT2D eigenvalue weighted by atomic mass is 9.88. The summed E-state index contributed by atoms with van der Waals surface area (Å²) >= 11 is 2.03. The zero-order valence-electron chi connectivity index (χ0n) is 13.2. The molecule has 0 unspecified atom stereocenters. The van der Waals surface area contributed by atoms with E-state index in [9.17, 15) is 0 Å². The van der Waals surface area contributed by atoms with E-state index in [2.05, 4.69) is 11.6 Å². The highest BCUT2D eigenvalue weighted by molar-refractivity contribution is 8.00. The van der Waals surface area contributed by atoms with E-state index in [0.29, 0.717) is 11.4 Å². The molecule has 1 aromatic carbocycles. The summed E-state index contributed by atoms with van der Waals surface area (Å²) < 4.78 is 11.3. The Kier molecular flexibility index (Phi) is 6.71. The lowest BCUT2D eigenvalue weighted by Crippen LogP contribution is -2.40. The van der Waals surface area contributed by atoms with Crippen molar-refractivity contribution in [1.82, 2.24) is 5.32 Å². The van der Waals surface area contributed by atoms with E-state index in [0.717, 1.165) is 24.6 Å². The third-order valence-corrected chi connectivity index (χ3v) is 5.67. The normalized spacial score (nSPS) is 17.4. The van der Waals surface area contributed by atoms with Crippen molar-refractivity contribution in [1.29, 1.82) is 0 Å². The van der Waals surface area contributed by atoms with Crippen LogP contribution in [0.4, 0.5) is 0 Å². The van der Waals surface area contributed by atoms with Crippen molar-refractivity contribution >= 4 is 11.8 Å². The molecule has 21 heavy (non-hydrogen) atoms. The number of hydrogen-bond acceptors (Lipinski definition) is 4. The molecule has 0 aromatic heterocycles. The van der Waals surface area contributed by atoms with Crippen molar-refractivity contribution in [3.05, 3.63) is 24.3 Å². The Morgan fingerprint density at radius 3 is 2.38 bits per heavy atom. The monoisotopic (exact) mass is 309 g/mol. The first kappa shape index (κ1) is 16.5. The van der Waals surface area contributed by atoms with Gasteiger partial charge in [0.1, 0.15) is 18.1 Å². The zero-order chi connectivity index (χ0) is 15.0. The Morgan fingerprint density at radius 1 is 1.10 bits per heavy atom. The molecule has 0 aliphatic heterocycles. The Hall–Kier alpha value is -0.870. The minimum atomic E-state index is 0.457. The summed E-state index contributed by atoms with van der Waals surface area (Å²) in [7, 11) is 1.67. The molecule has 0 radical (unpaired) electrons. The molecule has 1 aromatic rings. The molecule has 0 heterocycles. The van der Waals surface area contributed by atoms with Gasteiger partial charge in [-0.1, -0.05) is 19.3 Å². The van der Waals surface area contributed by atoms with E-state index in [1.54, 1.807) is 7.11 Å². The summed E-state index contributed by atoms with van der Waals surface area (Å²) in [4.78, 5) is 0. The van der Waals surface area contributed by atoms with Crippen LogP contribution in [0.3, 0.4) is 0 Å². The molecular weight excluding hydrogens is 282 g/mol. The van der Waals surface area contributed by atoms with Gasteiger partial charge in [0.05, 0.1) is 7.11 Å². The molecule has 1 aliphatic carbocycles. The van der Waals surface area contributed by atoms with Gasteiger partial charge in [-0.25, -0.2) is 0 Å². The topological polar surface area (TPSA) is 30.5 Å². The average Bonchev–Trinajstić information content (AvgIpc) is 2.56. The SMILES string of the molecule is COc1ccc(OCCNCC2(SC)CCCCC2)cc1. The number of nitrogens with one attached hydrogen (secondary N) is 1. The van der Waals surface area contributed by atoms with Crippen LogP contribution in [0.15, 0.2) is 24.3 Å². The molecule has 0 bridgehead atoms. The second-order valence-corrected chi connectivity index (χ2v) is 6.92. The predicted molar refractivity (Wildman–Crippen MR) is 90.7 cm³/mol. The Balaban J connectivity index is 1.64. The zero-order valence-corrected chi connectivity index (χ0v) is 14.0. The lowest BCUT2D eigenvalue weighted by Gasteiger charge is -2.36. The van der Waals surface area contributed by atoms with Crippen LogP contribution in [0.25, 0.3) is 0 Å². The van der Waals surface area contributed by atoms with Crippen molar-refractivity contribution in [2.24, 2.45) is 0 Å². The van der Waals surface area contributed by atoms with E-state index in [1.165, 1.54) is 32.1 Å². The quantitative estimate of drug-likeness (QED) is 0.741. The van der Waals surface area contributed by atoms with Crippen molar-refractivity contribution in [3.8, 4) is 11.5 Å². The molecule has 2 rings (SSSR count). The first-order chi connectivity index (χ1) is 10.3. The van der Waals surface area contributed by atoms with Gasteiger partial charge in [0.2, 0.25) is 0 Å². The van der Waals surface area contributed by atoms with Crippen molar-refractivity contribution in [3.63, 3.8) is 0 Å². The maximum Gasteiger partial charge on any atom is 0.119 e. The van der Waals surface area contributed by atoms with Crippen molar-refractivity contribution in [2.45, 2.75) is 36.9 Å². The average molecular weight is 309 g/mol. The second kappa shape index (κ2) is 8.54. The molecule has 0 spiro atoms. The van der Waals surface area contributed by atoms with E-state index in [4.69, 9.17) is 9.47 Å². The maximum absolute atomic E-state index is 5.74. The second-order valence-electron chi connectivity index (χ2n) is 5.65. The molecule has 0 saturated heterocycles. The largest absolute Gasteiger partial charge is 0.497 e. The molecule has 1 saturated carbocycles. The number of methoxy groups -OCH3 is 1. The van der Waals surface area contributed by atoms with E-state index < -0.39 is 0 Å². The van der Waals surface area contributed by atoms with Gasteiger partial charge in [-0.05, 0) is 43.4 Å².